The van der Waals surface area contributed by atoms with E-state index in [-0.39, 0.29) is 23.4 Å². The Morgan fingerprint density at radius 1 is 0.968 bits per heavy atom. The molecule has 31 heavy (non-hydrogen) atoms. The summed E-state index contributed by atoms with van der Waals surface area (Å²) in [5.41, 5.74) is 0.331. The van der Waals surface area contributed by atoms with Crippen LogP contribution in [0.4, 0.5) is 5.69 Å². The van der Waals surface area contributed by atoms with Crippen molar-refractivity contribution in [2.45, 2.75) is 49.5 Å². The number of carbonyl (C=O) groups excluding carboxylic acids is 1. The van der Waals surface area contributed by atoms with Gasteiger partial charge in [-0.3, -0.25) is 9.10 Å². The highest BCUT2D eigenvalue weighted by atomic mass is 32.2. The number of ether oxygens (including phenoxy) is 2. The smallest absolute Gasteiger partial charge is 0.264 e. The molecule has 8 heteroatoms. The molecule has 1 aliphatic carbocycles. The third-order valence-electron chi connectivity index (χ3n) is 5.49. The van der Waals surface area contributed by atoms with E-state index < -0.39 is 10.0 Å². The number of rotatable bonds is 8. The van der Waals surface area contributed by atoms with Gasteiger partial charge in [-0.15, -0.1) is 0 Å². The van der Waals surface area contributed by atoms with Gasteiger partial charge in [0.1, 0.15) is 6.54 Å². The highest BCUT2D eigenvalue weighted by Crippen LogP contribution is 2.33. The Morgan fingerprint density at radius 2 is 1.61 bits per heavy atom. The van der Waals surface area contributed by atoms with Gasteiger partial charge in [-0.25, -0.2) is 8.42 Å². The highest BCUT2D eigenvalue weighted by molar-refractivity contribution is 7.92. The van der Waals surface area contributed by atoms with E-state index in [0.717, 1.165) is 30.0 Å². The number of nitrogens with one attached hydrogen (secondary N) is 1. The molecular weight excluding hydrogens is 416 g/mol. The molecule has 0 heterocycles. The van der Waals surface area contributed by atoms with Crippen LogP contribution < -0.4 is 19.1 Å². The number of amides is 1. The first-order valence-corrected chi connectivity index (χ1v) is 12.0. The maximum Gasteiger partial charge on any atom is 0.264 e. The standard InChI is InChI=1S/C23H30N2O5S/c1-29-21-15-14-19(16-22(21)30-2)25(31(27,28)20-12-8-5-9-13-20)17-23(26)24-18-10-6-3-4-7-11-18/h5,8-9,12-16,18H,3-4,6-7,10-11,17H2,1-2H3,(H,24,26). The molecule has 0 bridgehead atoms. The van der Waals surface area contributed by atoms with Gasteiger partial charge in [0.15, 0.2) is 11.5 Å². The molecule has 7 nitrogen and oxygen atoms in total. The largest absolute Gasteiger partial charge is 0.493 e. The van der Waals surface area contributed by atoms with Crippen molar-refractivity contribution < 1.29 is 22.7 Å². The number of hydrogen-bond acceptors (Lipinski definition) is 5. The van der Waals surface area contributed by atoms with E-state index in [1.54, 1.807) is 36.4 Å². The Bertz CT molecular complexity index is 971. The van der Waals surface area contributed by atoms with Crippen molar-refractivity contribution in [2.75, 3.05) is 25.1 Å². The average Bonchev–Trinajstić information content (AvgIpc) is 3.06. The van der Waals surface area contributed by atoms with Crippen LogP contribution in [-0.2, 0) is 14.8 Å². The third-order valence-corrected chi connectivity index (χ3v) is 7.28. The van der Waals surface area contributed by atoms with Crippen LogP contribution in [0.1, 0.15) is 38.5 Å². The minimum Gasteiger partial charge on any atom is -0.493 e. The topological polar surface area (TPSA) is 84.9 Å². The molecule has 0 radical (unpaired) electrons. The average molecular weight is 447 g/mol. The molecule has 168 valence electrons. The molecule has 3 rings (SSSR count). The van der Waals surface area contributed by atoms with E-state index in [4.69, 9.17) is 9.47 Å². The maximum absolute atomic E-state index is 13.4. The van der Waals surface area contributed by atoms with E-state index in [1.807, 2.05) is 0 Å². The van der Waals surface area contributed by atoms with Gasteiger partial charge in [0.05, 0.1) is 24.8 Å². The quantitative estimate of drug-likeness (QED) is 0.625. The Kier molecular flexibility index (Phi) is 7.79. The molecular formula is C23H30N2O5S. The fourth-order valence-electron chi connectivity index (χ4n) is 3.84. The van der Waals surface area contributed by atoms with Crippen molar-refractivity contribution in [1.82, 2.24) is 5.32 Å². The van der Waals surface area contributed by atoms with Gasteiger partial charge in [0, 0.05) is 12.1 Å². The van der Waals surface area contributed by atoms with Gasteiger partial charge in [0.2, 0.25) is 5.91 Å². The molecule has 0 aromatic heterocycles. The summed E-state index contributed by atoms with van der Waals surface area (Å²) >= 11 is 0. The van der Waals surface area contributed by atoms with Crippen LogP contribution in [0.2, 0.25) is 0 Å². The predicted molar refractivity (Wildman–Crippen MR) is 120 cm³/mol. The molecule has 0 atom stereocenters. The molecule has 0 unspecified atom stereocenters. The monoisotopic (exact) mass is 446 g/mol. The van der Waals surface area contributed by atoms with Crippen LogP contribution >= 0.6 is 0 Å². The zero-order valence-corrected chi connectivity index (χ0v) is 18.9. The van der Waals surface area contributed by atoms with Gasteiger partial charge >= 0.3 is 0 Å². The fourth-order valence-corrected chi connectivity index (χ4v) is 5.28. The van der Waals surface area contributed by atoms with Gasteiger partial charge in [-0.05, 0) is 37.1 Å². The lowest BCUT2D eigenvalue weighted by atomic mass is 10.1. The second kappa shape index (κ2) is 10.5. The van der Waals surface area contributed by atoms with E-state index in [0.29, 0.717) is 17.2 Å². The number of carbonyl (C=O) groups is 1. The molecule has 1 amide bonds. The lowest BCUT2D eigenvalue weighted by Crippen LogP contribution is -2.44. The lowest BCUT2D eigenvalue weighted by Gasteiger charge is -2.26. The Labute approximate surface area is 184 Å². The minimum atomic E-state index is -3.97. The summed E-state index contributed by atoms with van der Waals surface area (Å²) in [4.78, 5) is 13.0. The molecule has 1 saturated carbocycles. The molecule has 1 fully saturated rings. The molecule has 0 saturated heterocycles. The lowest BCUT2D eigenvalue weighted by molar-refractivity contribution is -0.120. The molecule has 2 aromatic carbocycles. The number of hydrogen-bond donors (Lipinski definition) is 1. The number of nitrogens with zero attached hydrogens (tertiary/aromatic N) is 1. The van der Waals surface area contributed by atoms with Gasteiger partial charge in [0.25, 0.3) is 10.0 Å². The van der Waals surface area contributed by atoms with E-state index in [9.17, 15) is 13.2 Å². The van der Waals surface area contributed by atoms with E-state index in [2.05, 4.69) is 5.32 Å². The second-order valence-electron chi connectivity index (χ2n) is 7.62. The molecule has 1 aliphatic rings. The van der Waals surface area contributed by atoms with E-state index >= 15 is 0 Å². The normalized spacial score (nSPS) is 15.0. The first kappa shape index (κ1) is 22.9. The molecule has 0 aliphatic heterocycles. The van der Waals surface area contributed by atoms with Crippen LogP contribution in [0.3, 0.4) is 0 Å². The van der Waals surface area contributed by atoms with Crippen LogP contribution in [0, 0.1) is 0 Å². The number of methoxy groups -OCH3 is 2. The summed E-state index contributed by atoms with van der Waals surface area (Å²) in [6.45, 7) is -0.316. The second-order valence-corrected chi connectivity index (χ2v) is 9.48. The van der Waals surface area contributed by atoms with Crippen molar-refractivity contribution >= 4 is 21.6 Å². The molecule has 1 N–H and O–H groups in total. The highest BCUT2D eigenvalue weighted by Gasteiger charge is 2.28. The Balaban J connectivity index is 1.92. The third kappa shape index (κ3) is 5.70. The predicted octanol–water partition coefficient (Wildman–Crippen LogP) is 3.74. The Morgan fingerprint density at radius 3 is 2.23 bits per heavy atom. The summed E-state index contributed by atoms with van der Waals surface area (Å²) in [6, 6.07) is 13.0. The van der Waals surface area contributed by atoms with Gasteiger partial charge in [-0.2, -0.15) is 0 Å². The van der Waals surface area contributed by atoms with E-state index in [1.165, 1.54) is 39.2 Å². The van der Waals surface area contributed by atoms with Crippen molar-refractivity contribution in [2.24, 2.45) is 0 Å². The summed E-state index contributed by atoms with van der Waals surface area (Å²) in [6.07, 6.45) is 6.35. The van der Waals surface area contributed by atoms with Crippen molar-refractivity contribution in [3.8, 4) is 11.5 Å². The van der Waals surface area contributed by atoms with Crippen molar-refractivity contribution in [1.29, 1.82) is 0 Å². The van der Waals surface area contributed by atoms with Crippen LogP contribution in [-0.4, -0.2) is 41.1 Å². The van der Waals surface area contributed by atoms with Crippen LogP contribution in [0.5, 0.6) is 11.5 Å². The van der Waals surface area contributed by atoms with Gasteiger partial charge in [-0.1, -0.05) is 43.9 Å². The zero-order valence-electron chi connectivity index (χ0n) is 18.0. The summed E-state index contributed by atoms with van der Waals surface area (Å²) < 4.78 is 38.6. The fraction of sp³-hybridized carbons (Fsp3) is 0.435. The molecule has 2 aromatic rings. The summed E-state index contributed by atoms with van der Waals surface area (Å²) in [7, 11) is -0.973. The zero-order chi connectivity index (χ0) is 22.3. The Hall–Kier alpha value is -2.74. The summed E-state index contributed by atoms with van der Waals surface area (Å²) in [5.74, 6) is 0.546. The number of benzene rings is 2. The number of anilines is 1. The summed E-state index contributed by atoms with van der Waals surface area (Å²) in [5, 5.41) is 3.03. The first-order valence-electron chi connectivity index (χ1n) is 10.5. The molecule has 0 spiro atoms. The minimum absolute atomic E-state index is 0.0849. The van der Waals surface area contributed by atoms with Crippen LogP contribution in [0.15, 0.2) is 53.4 Å². The van der Waals surface area contributed by atoms with Crippen molar-refractivity contribution in [3.05, 3.63) is 48.5 Å². The first-order chi connectivity index (χ1) is 15.0. The van der Waals surface area contributed by atoms with Gasteiger partial charge < -0.3 is 14.8 Å². The van der Waals surface area contributed by atoms with Crippen molar-refractivity contribution in [3.63, 3.8) is 0 Å². The number of sulfonamides is 1. The van der Waals surface area contributed by atoms with Crippen LogP contribution in [0.25, 0.3) is 0 Å². The SMILES string of the molecule is COc1ccc(N(CC(=O)NC2CCCCCC2)S(=O)(=O)c2ccccc2)cc1OC. The maximum atomic E-state index is 13.4.